The fraction of sp³-hybridized carbons (Fsp3) is 0.409. The predicted molar refractivity (Wildman–Crippen MR) is 104 cm³/mol. The lowest BCUT2D eigenvalue weighted by Crippen LogP contribution is -2.28. The van der Waals surface area contributed by atoms with Crippen LogP contribution < -0.4 is 10.1 Å². The Bertz CT molecular complexity index is 740. The molecule has 2 aromatic carbocycles. The van der Waals surface area contributed by atoms with Gasteiger partial charge in [-0.25, -0.2) is 0 Å². The predicted octanol–water partition coefficient (Wildman–Crippen LogP) is 4.72. The zero-order valence-electron chi connectivity index (χ0n) is 16.2. The Morgan fingerprint density at radius 3 is 2.16 bits per heavy atom. The van der Waals surface area contributed by atoms with Gasteiger partial charge >= 0.3 is 0 Å². The molecule has 0 unspecified atom stereocenters. The highest BCUT2D eigenvalue weighted by Crippen LogP contribution is 2.24. The Morgan fingerprint density at radius 1 is 0.960 bits per heavy atom. The van der Waals surface area contributed by atoms with Gasteiger partial charge in [-0.3, -0.25) is 4.79 Å². The van der Waals surface area contributed by atoms with Crippen molar-refractivity contribution in [1.82, 2.24) is 5.32 Å². The van der Waals surface area contributed by atoms with Gasteiger partial charge in [0, 0.05) is 5.56 Å². The van der Waals surface area contributed by atoms with Gasteiger partial charge in [0.05, 0.1) is 6.54 Å². The standard InChI is InChI=1S/C22H29NO2/c1-15-13-17(3)20(14-16(15)2)21(24)23-11-12-25-19-9-7-18(8-10-19)22(4,5)6/h7-10,13-14H,11-12H2,1-6H3,(H,23,24). The number of amides is 1. The van der Waals surface area contributed by atoms with Crippen molar-refractivity contribution in [2.24, 2.45) is 0 Å². The molecule has 0 aromatic heterocycles. The van der Waals surface area contributed by atoms with Crippen molar-refractivity contribution in [3.05, 3.63) is 64.2 Å². The van der Waals surface area contributed by atoms with Gasteiger partial charge in [0.15, 0.2) is 0 Å². The van der Waals surface area contributed by atoms with Crippen LogP contribution in [0.5, 0.6) is 5.75 Å². The third-order valence-corrected chi connectivity index (χ3v) is 4.46. The topological polar surface area (TPSA) is 38.3 Å². The van der Waals surface area contributed by atoms with E-state index in [0.29, 0.717) is 13.2 Å². The molecular formula is C22H29NO2. The maximum Gasteiger partial charge on any atom is 0.251 e. The highest BCUT2D eigenvalue weighted by Gasteiger charge is 2.13. The monoisotopic (exact) mass is 339 g/mol. The van der Waals surface area contributed by atoms with Crippen molar-refractivity contribution >= 4 is 5.91 Å². The van der Waals surface area contributed by atoms with E-state index in [1.54, 1.807) is 0 Å². The second-order valence-corrected chi connectivity index (χ2v) is 7.63. The molecule has 0 radical (unpaired) electrons. The summed E-state index contributed by atoms with van der Waals surface area (Å²) in [4.78, 5) is 12.3. The lowest BCUT2D eigenvalue weighted by Gasteiger charge is -2.19. The summed E-state index contributed by atoms with van der Waals surface area (Å²) < 4.78 is 5.72. The van der Waals surface area contributed by atoms with Gasteiger partial charge in [-0.1, -0.05) is 39.0 Å². The molecule has 0 saturated carbocycles. The summed E-state index contributed by atoms with van der Waals surface area (Å²) in [6, 6.07) is 12.1. The highest BCUT2D eigenvalue weighted by molar-refractivity contribution is 5.95. The largest absolute Gasteiger partial charge is 0.492 e. The lowest BCUT2D eigenvalue weighted by molar-refractivity contribution is 0.0946. The van der Waals surface area contributed by atoms with Gasteiger partial charge in [-0.05, 0) is 66.6 Å². The van der Waals surface area contributed by atoms with Crippen LogP contribution in [0.25, 0.3) is 0 Å². The fourth-order valence-electron chi connectivity index (χ4n) is 2.68. The summed E-state index contributed by atoms with van der Waals surface area (Å²) in [5.41, 5.74) is 5.48. The molecule has 2 aromatic rings. The third-order valence-electron chi connectivity index (χ3n) is 4.46. The van der Waals surface area contributed by atoms with Crippen LogP contribution in [0.4, 0.5) is 0 Å². The minimum absolute atomic E-state index is 0.0488. The Labute approximate surface area is 151 Å². The first-order chi connectivity index (χ1) is 11.7. The number of ether oxygens (including phenoxy) is 1. The summed E-state index contributed by atoms with van der Waals surface area (Å²) in [5, 5.41) is 2.93. The van der Waals surface area contributed by atoms with E-state index >= 15 is 0 Å². The van der Waals surface area contributed by atoms with Gasteiger partial charge in [-0.15, -0.1) is 0 Å². The van der Waals surface area contributed by atoms with E-state index in [1.165, 1.54) is 11.1 Å². The molecule has 1 N–H and O–H groups in total. The zero-order valence-corrected chi connectivity index (χ0v) is 16.2. The van der Waals surface area contributed by atoms with E-state index in [0.717, 1.165) is 22.4 Å². The Hall–Kier alpha value is -2.29. The van der Waals surface area contributed by atoms with Crippen LogP contribution in [0.3, 0.4) is 0 Å². The average molecular weight is 339 g/mol. The van der Waals surface area contributed by atoms with Crippen molar-refractivity contribution in [2.45, 2.75) is 47.0 Å². The smallest absolute Gasteiger partial charge is 0.251 e. The maximum atomic E-state index is 12.3. The van der Waals surface area contributed by atoms with Crippen LogP contribution in [-0.2, 0) is 5.41 Å². The number of benzene rings is 2. The number of carbonyl (C=O) groups excluding carboxylic acids is 1. The number of carbonyl (C=O) groups is 1. The summed E-state index contributed by atoms with van der Waals surface area (Å²) in [6.07, 6.45) is 0. The molecule has 0 aliphatic carbocycles. The first-order valence-corrected chi connectivity index (χ1v) is 8.78. The van der Waals surface area contributed by atoms with Gasteiger partial charge in [0.2, 0.25) is 0 Å². The van der Waals surface area contributed by atoms with Gasteiger partial charge in [-0.2, -0.15) is 0 Å². The normalized spacial score (nSPS) is 11.3. The summed E-state index contributed by atoms with van der Waals surface area (Å²) in [6.45, 7) is 13.5. The van der Waals surface area contributed by atoms with E-state index in [4.69, 9.17) is 4.74 Å². The molecule has 3 heteroatoms. The average Bonchev–Trinajstić information content (AvgIpc) is 2.54. The number of hydrogen-bond acceptors (Lipinski definition) is 2. The summed E-state index contributed by atoms with van der Waals surface area (Å²) in [5.74, 6) is 0.775. The number of rotatable bonds is 5. The molecule has 2 rings (SSSR count). The quantitative estimate of drug-likeness (QED) is 0.801. The van der Waals surface area contributed by atoms with Crippen LogP contribution in [0.15, 0.2) is 36.4 Å². The van der Waals surface area contributed by atoms with E-state index in [2.05, 4.69) is 51.2 Å². The summed E-state index contributed by atoms with van der Waals surface area (Å²) in [7, 11) is 0. The van der Waals surface area contributed by atoms with E-state index in [-0.39, 0.29) is 11.3 Å². The van der Waals surface area contributed by atoms with Crippen LogP contribution in [0.2, 0.25) is 0 Å². The minimum atomic E-state index is -0.0488. The zero-order chi connectivity index (χ0) is 18.6. The molecule has 0 atom stereocenters. The SMILES string of the molecule is Cc1cc(C)c(C(=O)NCCOc2ccc(C(C)(C)C)cc2)cc1C. The second kappa shape index (κ2) is 7.73. The Balaban J connectivity index is 1.85. The third kappa shape index (κ3) is 5.09. The minimum Gasteiger partial charge on any atom is -0.492 e. The Morgan fingerprint density at radius 2 is 1.56 bits per heavy atom. The van der Waals surface area contributed by atoms with Gasteiger partial charge < -0.3 is 10.1 Å². The highest BCUT2D eigenvalue weighted by atomic mass is 16.5. The lowest BCUT2D eigenvalue weighted by atomic mass is 9.87. The summed E-state index contributed by atoms with van der Waals surface area (Å²) >= 11 is 0. The van der Waals surface area contributed by atoms with Crippen molar-refractivity contribution in [1.29, 1.82) is 0 Å². The molecular weight excluding hydrogens is 310 g/mol. The molecule has 0 bridgehead atoms. The van der Waals surface area contributed by atoms with Crippen molar-refractivity contribution in [3.63, 3.8) is 0 Å². The van der Waals surface area contributed by atoms with Crippen LogP contribution in [0.1, 0.15) is 53.4 Å². The molecule has 0 aliphatic heterocycles. The van der Waals surface area contributed by atoms with Gasteiger partial charge in [0.1, 0.15) is 12.4 Å². The van der Waals surface area contributed by atoms with Gasteiger partial charge in [0.25, 0.3) is 5.91 Å². The molecule has 134 valence electrons. The number of aryl methyl sites for hydroxylation is 3. The van der Waals surface area contributed by atoms with Crippen LogP contribution in [-0.4, -0.2) is 19.1 Å². The molecule has 1 amide bonds. The molecule has 25 heavy (non-hydrogen) atoms. The van der Waals surface area contributed by atoms with Crippen LogP contribution in [0, 0.1) is 20.8 Å². The van der Waals surface area contributed by atoms with E-state index in [9.17, 15) is 4.79 Å². The van der Waals surface area contributed by atoms with Crippen molar-refractivity contribution in [2.75, 3.05) is 13.2 Å². The maximum absolute atomic E-state index is 12.3. The first kappa shape index (κ1) is 19.0. The fourth-order valence-corrected chi connectivity index (χ4v) is 2.68. The van der Waals surface area contributed by atoms with Crippen LogP contribution >= 0.6 is 0 Å². The first-order valence-electron chi connectivity index (χ1n) is 8.78. The van der Waals surface area contributed by atoms with E-state index in [1.807, 2.05) is 32.0 Å². The van der Waals surface area contributed by atoms with Crippen molar-refractivity contribution < 1.29 is 9.53 Å². The molecule has 0 heterocycles. The molecule has 3 nitrogen and oxygen atoms in total. The number of hydrogen-bond donors (Lipinski definition) is 1. The van der Waals surface area contributed by atoms with Crippen molar-refractivity contribution in [3.8, 4) is 5.75 Å². The molecule has 0 spiro atoms. The molecule has 0 saturated heterocycles. The molecule has 0 fully saturated rings. The van der Waals surface area contributed by atoms with E-state index < -0.39 is 0 Å². The number of nitrogens with one attached hydrogen (secondary N) is 1. The Kier molecular flexibility index (Phi) is 5.89. The molecule has 0 aliphatic rings. The second-order valence-electron chi connectivity index (χ2n) is 7.63.